The Labute approximate surface area is 288 Å². The van der Waals surface area contributed by atoms with E-state index in [4.69, 9.17) is 9.47 Å². The molecule has 2 fully saturated rings. The molecule has 2 saturated heterocycles. The molecule has 1 aromatic heterocycles. The average Bonchev–Trinajstić information content (AvgIpc) is 3.83. The van der Waals surface area contributed by atoms with Crippen molar-refractivity contribution in [1.82, 2.24) is 19.7 Å². The van der Waals surface area contributed by atoms with Gasteiger partial charge >= 0.3 is 12.1 Å². The maximum absolute atomic E-state index is 14.0. The van der Waals surface area contributed by atoms with Crippen LogP contribution in [0.3, 0.4) is 0 Å². The number of hydrogen-bond donors (Lipinski definition) is 1. The first-order chi connectivity index (χ1) is 23.5. The molecule has 3 amide bonds. The summed E-state index contributed by atoms with van der Waals surface area (Å²) in [6.07, 6.45) is 3.41. The van der Waals surface area contributed by atoms with Gasteiger partial charge in [-0.1, -0.05) is 36.4 Å². The molecule has 0 unspecified atom stereocenters. The molecule has 1 N–H and O–H groups in total. The maximum Gasteiger partial charge on any atom is 0.408 e. The van der Waals surface area contributed by atoms with E-state index in [1.54, 1.807) is 25.7 Å². The molecule has 2 aliphatic heterocycles. The largest absolute Gasteiger partial charge is 0.459 e. The van der Waals surface area contributed by atoms with Gasteiger partial charge < -0.3 is 29.2 Å². The minimum atomic E-state index is -1.28. The van der Waals surface area contributed by atoms with Crippen LogP contribution in [0.15, 0.2) is 54.6 Å². The van der Waals surface area contributed by atoms with E-state index in [1.807, 2.05) is 53.4 Å². The molecule has 3 atom stereocenters. The third kappa shape index (κ3) is 8.79. The van der Waals surface area contributed by atoms with Gasteiger partial charge in [0.1, 0.15) is 24.3 Å². The van der Waals surface area contributed by atoms with E-state index in [0.29, 0.717) is 31.5 Å². The van der Waals surface area contributed by atoms with Crippen molar-refractivity contribution >= 4 is 34.8 Å². The fourth-order valence-corrected chi connectivity index (χ4v) is 6.98. The molecule has 0 spiro atoms. The Balaban J connectivity index is 1.24. The van der Waals surface area contributed by atoms with Crippen molar-refractivity contribution in [3.05, 3.63) is 71.4 Å². The summed E-state index contributed by atoms with van der Waals surface area (Å²) in [5.41, 5.74) is 2.81. The molecular weight excluding hydrogens is 622 g/mol. The van der Waals surface area contributed by atoms with Gasteiger partial charge in [-0.05, 0) is 95.4 Å². The minimum absolute atomic E-state index is 0.0125. The zero-order valence-electron chi connectivity index (χ0n) is 28.9. The van der Waals surface area contributed by atoms with Crippen molar-refractivity contribution in [1.29, 1.82) is 5.26 Å². The normalized spacial score (nSPS) is 18.3. The lowest BCUT2D eigenvalue weighted by Crippen LogP contribution is -2.52. The fraction of sp³-hybridized carbons (Fsp3) is 0.500. The summed E-state index contributed by atoms with van der Waals surface area (Å²) < 4.78 is 13.1. The molecule has 3 aromatic rings. The Hall–Kier alpha value is -4.85. The molecule has 0 radical (unpaired) electrons. The smallest absolute Gasteiger partial charge is 0.408 e. The average molecular weight is 670 g/mol. The van der Waals surface area contributed by atoms with Crippen molar-refractivity contribution in [2.24, 2.45) is 0 Å². The number of amides is 3. The van der Waals surface area contributed by atoms with E-state index in [9.17, 15) is 24.4 Å². The number of esters is 1. The Morgan fingerprint density at radius 1 is 1.00 bits per heavy atom. The number of likely N-dealkylation sites (tertiary alicyclic amines) is 2. The summed E-state index contributed by atoms with van der Waals surface area (Å²) in [6, 6.07) is 17.4. The molecule has 11 nitrogen and oxygen atoms in total. The van der Waals surface area contributed by atoms with Gasteiger partial charge in [-0.3, -0.25) is 9.59 Å². The van der Waals surface area contributed by atoms with Crippen molar-refractivity contribution < 1.29 is 28.7 Å². The van der Waals surface area contributed by atoms with Crippen molar-refractivity contribution in [3.63, 3.8) is 0 Å². The van der Waals surface area contributed by atoms with E-state index < -0.39 is 35.7 Å². The summed E-state index contributed by atoms with van der Waals surface area (Å²) in [7, 11) is 0. The molecule has 11 heteroatoms. The van der Waals surface area contributed by atoms with E-state index >= 15 is 0 Å². The van der Waals surface area contributed by atoms with Crippen LogP contribution in [-0.2, 0) is 43.4 Å². The summed E-state index contributed by atoms with van der Waals surface area (Å²) in [5, 5.41) is 13.0. The van der Waals surface area contributed by atoms with E-state index in [2.05, 4.69) is 28.9 Å². The van der Waals surface area contributed by atoms with Crippen LogP contribution in [0, 0.1) is 11.3 Å². The number of hydrogen-bond acceptors (Lipinski definition) is 7. The summed E-state index contributed by atoms with van der Waals surface area (Å²) >= 11 is 0. The van der Waals surface area contributed by atoms with Crippen molar-refractivity contribution in [3.8, 4) is 6.07 Å². The lowest BCUT2D eigenvalue weighted by Gasteiger charge is -2.32. The maximum atomic E-state index is 14.0. The summed E-state index contributed by atoms with van der Waals surface area (Å²) in [4.78, 5) is 57.2. The van der Waals surface area contributed by atoms with E-state index in [1.165, 1.54) is 5.69 Å². The van der Waals surface area contributed by atoms with E-state index in [0.717, 1.165) is 48.7 Å². The lowest BCUT2D eigenvalue weighted by molar-refractivity contribution is -0.151. The molecule has 0 bridgehead atoms. The van der Waals surface area contributed by atoms with Crippen LogP contribution in [0.5, 0.6) is 0 Å². The van der Waals surface area contributed by atoms with Crippen LogP contribution in [0.25, 0.3) is 10.9 Å². The third-order valence-corrected chi connectivity index (χ3v) is 9.27. The van der Waals surface area contributed by atoms with E-state index in [-0.39, 0.29) is 25.0 Å². The second-order valence-electron chi connectivity index (χ2n) is 13.9. The Morgan fingerprint density at radius 3 is 2.45 bits per heavy atom. The molecule has 2 aliphatic rings. The van der Waals surface area contributed by atoms with Crippen LogP contribution in [0.1, 0.15) is 83.0 Å². The summed E-state index contributed by atoms with van der Waals surface area (Å²) in [5.74, 6) is -1.21. The number of carbonyl (C=O) groups is 4. The third-order valence-electron chi connectivity index (χ3n) is 9.27. The van der Waals surface area contributed by atoms with Crippen molar-refractivity contribution in [2.75, 3.05) is 13.1 Å². The van der Waals surface area contributed by atoms with Crippen LogP contribution in [0.4, 0.5) is 4.79 Å². The van der Waals surface area contributed by atoms with Crippen LogP contribution in [-0.4, -0.2) is 75.1 Å². The SMILES string of the molecule is CCn1c(CC[C@@H]2CCCN2C(=O)[C@H]2CCCN2C(=O)C[C@H](NC(=O)OC(C)(C)C)C(=O)OCc2ccccc2)cc2ccc(C#N)cc21. The summed E-state index contributed by atoms with van der Waals surface area (Å²) in [6.45, 7) is 9.02. The highest BCUT2D eigenvalue weighted by Gasteiger charge is 2.41. The van der Waals surface area contributed by atoms with Crippen LogP contribution in [0.2, 0.25) is 0 Å². The predicted octanol–water partition coefficient (Wildman–Crippen LogP) is 5.47. The molecule has 0 aliphatic carbocycles. The number of alkyl carbamates (subject to hydrolysis) is 1. The fourth-order valence-electron chi connectivity index (χ4n) is 6.98. The zero-order chi connectivity index (χ0) is 35.1. The number of carbonyl (C=O) groups excluding carboxylic acids is 4. The number of nitriles is 1. The highest BCUT2D eigenvalue weighted by atomic mass is 16.6. The first-order valence-corrected chi connectivity index (χ1v) is 17.3. The molecule has 0 saturated carbocycles. The topological polar surface area (TPSA) is 134 Å². The molecule has 49 heavy (non-hydrogen) atoms. The predicted molar refractivity (Wildman–Crippen MR) is 184 cm³/mol. The number of rotatable bonds is 11. The first-order valence-electron chi connectivity index (χ1n) is 17.3. The van der Waals surface area contributed by atoms with Crippen molar-refractivity contribution in [2.45, 2.75) is 110 Å². The second kappa shape index (κ2) is 15.6. The number of aryl methyl sites for hydroxylation is 2. The van der Waals surface area contributed by atoms with Gasteiger partial charge in [0.2, 0.25) is 11.8 Å². The van der Waals surface area contributed by atoms with Gasteiger partial charge in [0.05, 0.1) is 18.1 Å². The molecule has 5 rings (SSSR count). The Morgan fingerprint density at radius 2 is 1.73 bits per heavy atom. The lowest BCUT2D eigenvalue weighted by atomic mass is 10.1. The van der Waals surface area contributed by atoms with Gasteiger partial charge in [0.25, 0.3) is 0 Å². The second-order valence-corrected chi connectivity index (χ2v) is 13.9. The Bertz CT molecular complexity index is 1700. The van der Waals surface area contributed by atoms with Gasteiger partial charge in [-0.2, -0.15) is 5.26 Å². The van der Waals surface area contributed by atoms with Gasteiger partial charge in [-0.15, -0.1) is 0 Å². The number of aromatic nitrogens is 1. The number of benzene rings is 2. The number of nitrogens with zero attached hydrogens (tertiary/aromatic N) is 4. The highest BCUT2D eigenvalue weighted by molar-refractivity contribution is 5.92. The van der Waals surface area contributed by atoms with Crippen LogP contribution >= 0.6 is 0 Å². The monoisotopic (exact) mass is 669 g/mol. The zero-order valence-corrected chi connectivity index (χ0v) is 28.9. The van der Waals surface area contributed by atoms with Crippen LogP contribution < -0.4 is 5.32 Å². The van der Waals surface area contributed by atoms with Gasteiger partial charge in [0.15, 0.2) is 0 Å². The molecule has 2 aromatic carbocycles. The quantitative estimate of drug-likeness (QED) is 0.268. The Kier molecular flexibility index (Phi) is 11.3. The molecular formula is C38H47N5O6. The molecule has 3 heterocycles. The number of nitrogens with one attached hydrogen (secondary N) is 1. The standard InChI is InChI=1S/C38H47N5O6/c1-5-41-30(22-28-16-15-27(24-39)21-33(28)41)18-17-29-13-9-19-42(29)35(45)32-14-10-20-43(32)34(44)23-31(40-37(47)49-38(2,3)4)36(46)48-25-26-11-7-6-8-12-26/h6-8,11-12,15-16,21-22,29,31-32H,5,9-10,13-14,17-20,23,25H2,1-4H3,(H,40,47)/t29-,31-,32+/m0/s1. The minimum Gasteiger partial charge on any atom is -0.459 e. The highest BCUT2D eigenvalue weighted by Crippen LogP contribution is 2.29. The molecule has 260 valence electrons. The van der Waals surface area contributed by atoms with Gasteiger partial charge in [-0.25, -0.2) is 9.59 Å². The van der Waals surface area contributed by atoms with Gasteiger partial charge in [0, 0.05) is 36.9 Å². The number of ether oxygens (including phenoxy) is 2. The first kappa shape index (κ1) is 35.5. The number of fused-ring (bicyclic) bond motifs is 1.